The van der Waals surface area contributed by atoms with E-state index in [9.17, 15) is 17.6 Å². The number of pyridine rings is 4. The summed E-state index contributed by atoms with van der Waals surface area (Å²) in [4.78, 5) is 37.4. The standard InChI is InChI=1S/C24H23FN3OS.2C23H21FN3OS.C22H19FN3OS/c1-11(2)18-14(5)30-23-20(18)26-10-28(6)21(23)19-13(4)12(3)9-16-15-7-8-17(25)27-24(15)29-22(16)19;1-11(2)16-9-29-22-19(16)25-10-27(5)20(22)18-13(4)12(3)8-15-14-6-7-17(24)26-23(14)28-21(15)18;1-11(2)17-13(4)29-22-19(17)25-10-27(5)20(22)18-12(3)6-7-14-15-8-9-16(24)26-23(15)28-21(14)18;1-11(2)15-9-28-21-18(15)24-10-26(4)19(21)17-12(3)5-6-13-14-7-8-16(23)25-22(14)27-20(13)17/h7-11H,1-6H3;2*6-11H,1-5H3;5-11H,1-4H3/q4*+1. The van der Waals surface area contributed by atoms with Gasteiger partial charge in [0.1, 0.15) is 41.1 Å². The number of thiophene rings is 4. The van der Waals surface area contributed by atoms with Crippen molar-refractivity contribution in [3.05, 3.63) is 210 Å². The third-order valence-electron chi connectivity index (χ3n) is 22.4. The molecule has 0 saturated carbocycles. The fourth-order valence-corrected chi connectivity index (χ4v) is 21.8. The molecule has 0 radical (unpaired) electrons. The Morgan fingerprint density at radius 1 is 0.319 bits per heavy atom. The summed E-state index contributed by atoms with van der Waals surface area (Å²) >= 11 is 6.96. The van der Waals surface area contributed by atoms with Crippen molar-refractivity contribution in [3.8, 4) is 45.0 Å². The van der Waals surface area contributed by atoms with Gasteiger partial charge in [-0.25, -0.2) is 18.3 Å². The van der Waals surface area contributed by atoms with Crippen molar-refractivity contribution in [2.24, 2.45) is 28.2 Å². The number of halogens is 4. The molecule has 0 bridgehead atoms. The highest BCUT2D eigenvalue weighted by Crippen LogP contribution is 2.49. The van der Waals surface area contributed by atoms with Crippen LogP contribution in [0.15, 0.2) is 139 Å². The average molecular weight is 1630 g/mol. The topological polar surface area (TPSA) is 171 Å². The summed E-state index contributed by atoms with van der Waals surface area (Å²) < 4.78 is 92.0. The highest BCUT2D eigenvalue weighted by molar-refractivity contribution is 7.20. The maximum absolute atomic E-state index is 13.8. The molecule has 16 nitrogen and oxygen atoms in total. The van der Waals surface area contributed by atoms with Gasteiger partial charge in [-0.1, -0.05) is 79.7 Å². The molecule has 0 aliphatic carbocycles. The van der Waals surface area contributed by atoms with Crippen LogP contribution in [0.3, 0.4) is 0 Å². The Kier molecular flexibility index (Phi) is 19.5. The first-order valence-electron chi connectivity index (χ1n) is 38.5. The number of fused-ring (bicyclic) bond motifs is 16. The molecule has 16 aromatic heterocycles. The average Bonchev–Trinajstić information content (AvgIpc) is 1.56. The third-order valence-corrected chi connectivity index (χ3v) is 26.7. The maximum Gasteiger partial charge on any atom is 0.287 e. The van der Waals surface area contributed by atoms with Crippen molar-refractivity contribution in [2.75, 3.05) is 0 Å². The summed E-state index contributed by atoms with van der Waals surface area (Å²) in [5.74, 6) is -0.572. The monoisotopic (exact) mass is 1620 g/mol. The normalized spacial score (nSPS) is 12.1. The van der Waals surface area contributed by atoms with E-state index in [0.29, 0.717) is 46.5 Å². The summed E-state index contributed by atoms with van der Waals surface area (Å²) in [7, 11) is 8.02. The molecule has 4 aromatic carbocycles. The predicted octanol–water partition coefficient (Wildman–Crippen LogP) is 23.8. The van der Waals surface area contributed by atoms with E-state index in [1.165, 1.54) is 56.3 Å². The molecular weight excluding hydrogens is 1540 g/mol. The van der Waals surface area contributed by atoms with Gasteiger partial charge < -0.3 is 17.7 Å². The van der Waals surface area contributed by atoms with Crippen LogP contribution in [0.5, 0.6) is 0 Å². The lowest BCUT2D eigenvalue weighted by Gasteiger charge is -2.11. The first kappa shape index (κ1) is 77.2. The van der Waals surface area contributed by atoms with Crippen LogP contribution in [-0.4, -0.2) is 39.9 Å². The number of aryl methyl sites for hydroxylation is 10. The lowest BCUT2D eigenvalue weighted by atomic mass is 9.95. The minimum atomic E-state index is -0.540. The van der Waals surface area contributed by atoms with E-state index >= 15 is 0 Å². The molecule has 0 spiro atoms. The van der Waals surface area contributed by atoms with Gasteiger partial charge in [0.15, 0.2) is 22.8 Å². The van der Waals surface area contributed by atoms with Crippen LogP contribution in [0.4, 0.5) is 17.6 Å². The number of aromatic nitrogens is 12. The Morgan fingerprint density at radius 3 is 0.931 bits per heavy atom. The van der Waals surface area contributed by atoms with Crippen LogP contribution < -0.4 is 18.3 Å². The van der Waals surface area contributed by atoms with Crippen LogP contribution >= 0.6 is 45.3 Å². The van der Waals surface area contributed by atoms with E-state index < -0.39 is 23.8 Å². The number of hydrogen-bond acceptors (Lipinski definition) is 16. The molecule has 0 N–H and O–H groups in total. The second-order valence-electron chi connectivity index (χ2n) is 31.4. The van der Waals surface area contributed by atoms with E-state index in [2.05, 4.69) is 170 Å². The van der Waals surface area contributed by atoms with Gasteiger partial charge in [0, 0.05) is 75.1 Å². The van der Waals surface area contributed by atoms with Gasteiger partial charge in [0.25, 0.3) is 25.3 Å². The Morgan fingerprint density at radius 2 is 0.603 bits per heavy atom. The Bertz CT molecular complexity index is 7480. The van der Waals surface area contributed by atoms with Gasteiger partial charge in [0.2, 0.25) is 68.7 Å². The van der Waals surface area contributed by atoms with Gasteiger partial charge in [-0.15, -0.1) is 45.3 Å². The first-order chi connectivity index (χ1) is 55.5. The third kappa shape index (κ3) is 12.7. The Hall–Kier alpha value is -11.4. The van der Waals surface area contributed by atoms with E-state index in [1.54, 1.807) is 69.6 Å². The molecule has 0 saturated heterocycles. The van der Waals surface area contributed by atoms with Crippen molar-refractivity contribution in [1.82, 2.24) is 39.9 Å². The zero-order valence-corrected chi connectivity index (χ0v) is 71.3. The first-order valence-corrected chi connectivity index (χ1v) is 41.9. The molecule has 0 atom stereocenters. The summed E-state index contributed by atoms with van der Waals surface area (Å²) in [6, 6.07) is 24.9. The molecule has 24 heteroatoms. The minimum absolute atomic E-state index is 0.323. The van der Waals surface area contributed by atoms with Crippen LogP contribution in [0.25, 0.3) is 174 Å². The smallest absolute Gasteiger partial charge is 0.287 e. The van der Waals surface area contributed by atoms with Crippen molar-refractivity contribution in [2.45, 2.75) is 134 Å². The van der Waals surface area contributed by atoms with E-state index in [4.69, 9.17) is 37.6 Å². The number of furan rings is 4. The molecule has 0 unspecified atom stereocenters. The molecule has 0 amide bonds. The van der Waals surface area contributed by atoms with Gasteiger partial charge in [-0.3, -0.25) is 0 Å². The molecule has 0 aliphatic heterocycles. The fraction of sp³-hybridized carbons (Fsp3) is 0.261. The zero-order valence-electron chi connectivity index (χ0n) is 68.0. The van der Waals surface area contributed by atoms with E-state index in [1.807, 2.05) is 79.3 Å². The van der Waals surface area contributed by atoms with Crippen molar-refractivity contribution >= 4 is 174 Å². The highest BCUT2D eigenvalue weighted by atomic mass is 32.1. The molecule has 0 fully saturated rings. The molecule has 20 rings (SSSR count). The lowest BCUT2D eigenvalue weighted by molar-refractivity contribution is -0.662. The largest absolute Gasteiger partial charge is 0.437 e. The highest BCUT2D eigenvalue weighted by Gasteiger charge is 2.34. The summed E-state index contributed by atoms with van der Waals surface area (Å²) in [6.07, 6.45) is 7.47. The predicted molar refractivity (Wildman–Crippen MR) is 459 cm³/mol. The van der Waals surface area contributed by atoms with Gasteiger partial charge in [-0.05, 0) is 204 Å². The second-order valence-corrected chi connectivity index (χ2v) is 35.6. The number of benzene rings is 4. The van der Waals surface area contributed by atoms with E-state index in [-0.39, 0.29) is 0 Å². The SMILES string of the molecule is Cc1cc2c(oc3nc(F)ccc32)c(-c2c3sc(C)c(C(C)C)c3nc[n+]2C)c1C.Cc1cc2c(oc3nc(F)ccc32)c(-c2c3scc(C(C)C)c3nc[n+]2C)c1C.Cc1ccc2c(oc3nc(F)ccc32)c1-c1c2sc(C)c(C(C)C)c2nc[n+]1C.Cc1ccc2c(oc3nc(F)ccc32)c1-c1c2scc(C(C)C)c2nc[n+]1C. The zero-order chi connectivity index (χ0) is 81.8. The Balaban J connectivity index is 0.000000111. The molecule has 20 aromatic rings. The number of nitrogens with zero attached hydrogens (tertiary/aromatic N) is 12. The van der Waals surface area contributed by atoms with Crippen LogP contribution in [-0.2, 0) is 28.2 Å². The second kappa shape index (κ2) is 29.4. The summed E-state index contributed by atoms with van der Waals surface area (Å²) in [6.45, 7) is 34.4. The lowest BCUT2D eigenvalue weighted by Crippen LogP contribution is -2.31. The quantitative estimate of drug-likeness (QED) is 0.0802. The minimum Gasteiger partial charge on any atom is -0.437 e. The number of rotatable bonds is 8. The van der Waals surface area contributed by atoms with E-state index in [0.717, 1.165) is 185 Å². The Labute approximate surface area is 681 Å². The summed E-state index contributed by atoms with van der Waals surface area (Å²) in [5, 5.41) is 11.5. The van der Waals surface area contributed by atoms with Gasteiger partial charge >= 0.3 is 0 Å². The molecule has 584 valence electrons. The van der Waals surface area contributed by atoms with Gasteiger partial charge in [-0.2, -0.15) is 37.5 Å². The van der Waals surface area contributed by atoms with Crippen molar-refractivity contribution in [1.29, 1.82) is 0 Å². The molecule has 16 heterocycles. The summed E-state index contributed by atoms with van der Waals surface area (Å²) in [5.41, 5.74) is 28.6. The molecule has 0 aliphatic rings. The van der Waals surface area contributed by atoms with Crippen LogP contribution in [0.2, 0.25) is 0 Å². The fourth-order valence-electron chi connectivity index (χ4n) is 16.5. The van der Waals surface area contributed by atoms with Crippen molar-refractivity contribution < 1.29 is 53.5 Å². The molecular formula is C92H84F4N12O4S4+4. The number of hydrogen-bond donors (Lipinski definition) is 0. The maximum atomic E-state index is 13.8. The molecule has 116 heavy (non-hydrogen) atoms. The van der Waals surface area contributed by atoms with Crippen LogP contribution in [0, 0.1) is 79.2 Å². The van der Waals surface area contributed by atoms with Crippen LogP contribution in [0.1, 0.15) is 144 Å². The van der Waals surface area contributed by atoms with Crippen molar-refractivity contribution in [3.63, 3.8) is 0 Å². The van der Waals surface area contributed by atoms with Gasteiger partial charge in [0.05, 0.1) is 50.4 Å².